The highest BCUT2D eigenvalue weighted by Gasteiger charge is 2.72. The number of rotatable bonds is 4. The van der Waals surface area contributed by atoms with E-state index in [1.807, 2.05) is 52.0 Å². The first-order valence-corrected chi connectivity index (χ1v) is 11.5. The zero-order valence-electron chi connectivity index (χ0n) is 17.9. The molecule has 0 aliphatic carbocycles. The van der Waals surface area contributed by atoms with E-state index in [0.717, 1.165) is 0 Å². The summed E-state index contributed by atoms with van der Waals surface area (Å²) in [6, 6.07) is -1.28. The van der Waals surface area contributed by atoms with Crippen LogP contribution in [-0.2, 0) is 19.1 Å². The highest BCUT2D eigenvalue weighted by Crippen LogP contribution is 2.61. The lowest BCUT2D eigenvalue weighted by atomic mass is 9.78. The quantitative estimate of drug-likeness (QED) is 0.529. The lowest BCUT2D eigenvalue weighted by molar-refractivity contribution is -0.152. The van der Waals surface area contributed by atoms with Gasteiger partial charge in [0.1, 0.15) is 12.6 Å². The van der Waals surface area contributed by atoms with Gasteiger partial charge in [0.05, 0.1) is 29.2 Å². The Morgan fingerprint density at radius 2 is 1.93 bits per heavy atom. The van der Waals surface area contributed by atoms with Crippen LogP contribution in [0.2, 0.25) is 0 Å². The summed E-state index contributed by atoms with van der Waals surface area (Å²) in [6.45, 7) is 8.22. The number of carbonyl (C=O) groups excluding carboxylic acids is 3. The minimum Gasteiger partial charge on any atom is -0.461 e. The van der Waals surface area contributed by atoms with Gasteiger partial charge in [0.25, 0.3) is 0 Å². The molecule has 4 rings (SSSR count). The largest absolute Gasteiger partial charge is 0.461 e. The van der Waals surface area contributed by atoms with Crippen LogP contribution < -0.4 is 0 Å². The summed E-state index contributed by atoms with van der Waals surface area (Å²) in [7, 11) is 0. The highest BCUT2D eigenvalue weighted by molar-refractivity contribution is 8.02. The Labute approximate surface area is 181 Å². The summed E-state index contributed by atoms with van der Waals surface area (Å²) in [5, 5.41) is 9.93. The molecule has 6 atom stereocenters. The SMILES string of the molecule is CC(C)[C@H](CO)N1C(=O)[C@@H]2[C@@H]3C(=O)OCC=C[C@@H]3S[C@@]23C=CCN(C(C)C)C(=O)C13. The Morgan fingerprint density at radius 3 is 2.57 bits per heavy atom. The van der Waals surface area contributed by atoms with E-state index >= 15 is 0 Å². The fraction of sp³-hybridized carbons (Fsp3) is 0.682. The van der Waals surface area contributed by atoms with Crippen molar-refractivity contribution < 1.29 is 24.2 Å². The topological polar surface area (TPSA) is 87.2 Å². The van der Waals surface area contributed by atoms with Crippen LogP contribution in [0.25, 0.3) is 0 Å². The second-order valence-electron chi connectivity index (χ2n) is 9.13. The molecule has 1 spiro atoms. The molecule has 8 heteroatoms. The van der Waals surface area contributed by atoms with Gasteiger partial charge >= 0.3 is 5.97 Å². The normalized spacial score (nSPS) is 36.6. The summed E-state index contributed by atoms with van der Waals surface area (Å²) in [5.41, 5.74) is 0. The molecule has 164 valence electrons. The molecule has 0 bridgehead atoms. The number of ether oxygens (including phenoxy) is 1. The average Bonchev–Trinajstić information content (AvgIpc) is 2.97. The smallest absolute Gasteiger partial charge is 0.311 e. The number of thioether (sulfide) groups is 1. The minimum absolute atomic E-state index is 0.0262. The molecule has 1 N–H and O–H groups in total. The van der Waals surface area contributed by atoms with Crippen LogP contribution in [0.1, 0.15) is 27.7 Å². The van der Waals surface area contributed by atoms with Gasteiger partial charge in [-0.05, 0) is 19.8 Å². The van der Waals surface area contributed by atoms with Crippen molar-refractivity contribution in [1.82, 2.24) is 9.80 Å². The Bertz CT molecular complexity index is 809. The molecule has 2 saturated heterocycles. The van der Waals surface area contributed by atoms with E-state index in [0.29, 0.717) is 6.54 Å². The number of carbonyl (C=O) groups is 3. The van der Waals surface area contributed by atoms with Crippen LogP contribution in [0.5, 0.6) is 0 Å². The minimum atomic E-state index is -0.851. The number of cyclic esters (lactones) is 1. The molecule has 4 aliphatic heterocycles. The molecule has 0 aromatic carbocycles. The maximum absolute atomic E-state index is 13.9. The molecule has 4 aliphatic rings. The molecule has 30 heavy (non-hydrogen) atoms. The van der Waals surface area contributed by atoms with Crippen LogP contribution in [0, 0.1) is 17.8 Å². The van der Waals surface area contributed by atoms with Crippen molar-refractivity contribution in [3.63, 3.8) is 0 Å². The lowest BCUT2D eigenvalue weighted by Crippen LogP contribution is -2.58. The van der Waals surface area contributed by atoms with Gasteiger partial charge in [-0.2, -0.15) is 0 Å². The maximum atomic E-state index is 13.9. The number of hydrogen-bond donors (Lipinski definition) is 1. The van der Waals surface area contributed by atoms with Gasteiger partial charge in [0.2, 0.25) is 11.8 Å². The van der Waals surface area contributed by atoms with Crippen molar-refractivity contribution in [2.75, 3.05) is 19.8 Å². The Hall–Kier alpha value is -1.80. The first-order chi connectivity index (χ1) is 14.2. The molecule has 1 unspecified atom stereocenters. The first kappa shape index (κ1) is 21.4. The van der Waals surface area contributed by atoms with Crippen LogP contribution in [0.4, 0.5) is 0 Å². The van der Waals surface area contributed by atoms with Crippen molar-refractivity contribution in [3.05, 3.63) is 24.3 Å². The highest BCUT2D eigenvalue weighted by atomic mass is 32.2. The van der Waals surface area contributed by atoms with E-state index in [9.17, 15) is 19.5 Å². The van der Waals surface area contributed by atoms with E-state index in [1.165, 1.54) is 11.8 Å². The van der Waals surface area contributed by atoms with E-state index in [2.05, 4.69) is 0 Å². The third kappa shape index (κ3) is 2.94. The second kappa shape index (κ2) is 7.71. The third-order valence-corrected chi connectivity index (χ3v) is 8.56. The van der Waals surface area contributed by atoms with Gasteiger partial charge in [-0.15, -0.1) is 11.8 Å². The Kier molecular flexibility index (Phi) is 5.51. The summed E-state index contributed by atoms with van der Waals surface area (Å²) in [5.74, 6) is -2.10. The zero-order valence-corrected chi connectivity index (χ0v) is 18.7. The molecule has 0 saturated carbocycles. The summed E-state index contributed by atoms with van der Waals surface area (Å²) in [6.07, 6.45) is 7.70. The van der Waals surface area contributed by atoms with Crippen molar-refractivity contribution in [1.29, 1.82) is 0 Å². The summed E-state index contributed by atoms with van der Waals surface area (Å²) < 4.78 is 4.51. The van der Waals surface area contributed by atoms with Gasteiger partial charge in [0.15, 0.2) is 0 Å². The number of aliphatic hydroxyl groups excluding tert-OH is 1. The van der Waals surface area contributed by atoms with Crippen LogP contribution in [-0.4, -0.2) is 80.6 Å². The first-order valence-electron chi connectivity index (χ1n) is 10.7. The monoisotopic (exact) mass is 434 g/mol. The van der Waals surface area contributed by atoms with Crippen LogP contribution in [0.15, 0.2) is 24.3 Å². The molecule has 0 aromatic rings. The number of nitrogens with zero attached hydrogens (tertiary/aromatic N) is 2. The molecule has 7 nitrogen and oxygen atoms in total. The fourth-order valence-electron chi connectivity index (χ4n) is 5.37. The number of fused-ring (bicyclic) bond motifs is 2. The number of esters is 1. The number of likely N-dealkylation sites (tertiary alicyclic amines) is 1. The molecule has 2 amide bonds. The Balaban J connectivity index is 1.89. The fourth-order valence-corrected chi connectivity index (χ4v) is 7.36. The molecule has 0 radical (unpaired) electrons. The number of aliphatic hydroxyl groups is 1. The molecular formula is C22H30N2O5S. The standard InChI is InChI=1S/C22H30N2O5S/c1-12(2)14(11-25)24-18-20(27)23(13(3)4)9-6-8-22(18)17(19(24)26)16-15(30-22)7-5-10-29-21(16)28/h5-8,12-18,25H,9-11H2,1-4H3/t14-,15-,16+,17-,18?,22-/m0/s1. The number of hydrogen-bond acceptors (Lipinski definition) is 6. The average molecular weight is 435 g/mol. The van der Waals surface area contributed by atoms with Crippen LogP contribution >= 0.6 is 11.8 Å². The van der Waals surface area contributed by atoms with Crippen LogP contribution in [0.3, 0.4) is 0 Å². The number of amides is 2. The van der Waals surface area contributed by atoms with Gasteiger partial charge in [-0.1, -0.05) is 38.2 Å². The van der Waals surface area contributed by atoms with E-state index in [-0.39, 0.29) is 48.2 Å². The molecule has 2 fully saturated rings. The van der Waals surface area contributed by atoms with Crippen molar-refractivity contribution in [2.45, 2.75) is 55.8 Å². The summed E-state index contributed by atoms with van der Waals surface area (Å²) >= 11 is 1.53. The van der Waals surface area contributed by atoms with E-state index in [1.54, 1.807) is 9.80 Å². The second-order valence-corrected chi connectivity index (χ2v) is 10.6. The van der Waals surface area contributed by atoms with Crippen molar-refractivity contribution in [2.24, 2.45) is 17.8 Å². The molecule has 4 heterocycles. The Morgan fingerprint density at radius 1 is 1.20 bits per heavy atom. The molecular weight excluding hydrogens is 404 g/mol. The van der Waals surface area contributed by atoms with Crippen molar-refractivity contribution in [3.8, 4) is 0 Å². The van der Waals surface area contributed by atoms with Gasteiger partial charge in [-0.25, -0.2) is 0 Å². The molecule has 0 aromatic heterocycles. The zero-order chi connectivity index (χ0) is 21.8. The summed E-state index contributed by atoms with van der Waals surface area (Å²) in [4.78, 5) is 43.9. The van der Waals surface area contributed by atoms with Gasteiger partial charge in [0, 0.05) is 17.8 Å². The van der Waals surface area contributed by atoms with E-state index in [4.69, 9.17) is 4.74 Å². The van der Waals surface area contributed by atoms with E-state index < -0.39 is 28.7 Å². The predicted molar refractivity (Wildman–Crippen MR) is 114 cm³/mol. The van der Waals surface area contributed by atoms with Gasteiger partial charge < -0.3 is 19.6 Å². The van der Waals surface area contributed by atoms with Gasteiger partial charge in [-0.3, -0.25) is 14.4 Å². The maximum Gasteiger partial charge on any atom is 0.311 e. The lowest BCUT2D eigenvalue weighted by Gasteiger charge is -2.40. The third-order valence-electron chi connectivity index (χ3n) is 6.82. The van der Waals surface area contributed by atoms with Crippen molar-refractivity contribution >= 4 is 29.5 Å². The predicted octanol–water partition coefficient (Wildman–Crippen LogP) is 1.22.